The van der Waals surface area contributed by atoms with Gasteiger partial charge in [0.25, 0.3) is 0 Å². The smallest absolute Gasteiger partial charge is 0.231 e. The molecule has 1 N–H and O–H groups in total. The number of ether oxygens (including phenoxy) is 2. The molecule has 0 amide bonds. The maximum atomic E-state index is 6.29. The van der Waals surface area contributed by atoms with Gasteiger partial charge in [0.15, 0.2) is 11.5 Å². The van der Waals surface area contributed by atoms with E-state index in [1.54, 1.807) is 0 Å². The zero-order valence-corrected chi connectivity index (χ0v) is 11.4. The number of fused-ring (bicyclic) bond motifs is 1. The Hall–Kier alpha value is -1.13. The Morgan fingerprint density at radius 3 is 2.74 bits per heavy atom. The van der Waals surface area contributed by atoms with Crippen LogP contribution in [0.1, 0.15) is 19.3 Å². The molecular formula is C14H17ClN2O2. The van der Waals surface area contributed by atoms with Gasteiger partial charge in [0, 0.05) is 37.3 Å². The van der Waals surface area contributed by atoms with E-state index in [1.807, 2.05) is 12.1 Å². The van der Waals surface area contributed by atoms with Crippen LogP contribution < -0.4 is 14.8 Å². The molecule has 4 nitrogen and oxygen atoms in total. The minimum Gasteiger partial charge on any atom is -0.454 e. The van der Waals surface area contributed by atoms with Crippen LogP contribution in [0.2, 0.25) is 5.02 Å². The molecule has 2 heterocycles. The second-order valence-corrected chi connectivity index (χ2v) is 5.95. The SMILES string of the molecule is Clc1cc2c(cc1NC1CCN(C3CC3)C1)OCO2. The van der Waals surface area contributed by atoms with Crippen LogP contribution in [0.15, 0.2) is 12.1 Å². The first-order chi connectivity index (χ1) is 9.29. The molecule has 1 aromatic rings. The maximum absolute atomic E-state index is 6.29. The Labute approximate surface area is 117 Å². The van der Waals surface area contributed by atoms with Crippen molar-refractivity contribution >= 4 is 17.3 Å². The Kier molecular flexibility index (Phi) is 2.74. The lowest BCUT2D eigenvalue weighted by Crippen LogP contribution is -2.27. The lowest BCUT2D eigenvalue weighted by atomic mass is 10.2. The molecule has 3 aliphatic rings. The van der Waals surface area contributed by atoms with Gasteiger partial charge in [-0.3, -0.25) is 4.90 Å². The third-order valence-corrected chi connectivity index (χ3v) is 4.42. The van der Waals surface area contributed by atoms with Gasteiger partial charge >= 0.3 is 0 Å². The van der Waals surface area contributed by atoms with Crippen LogP contribution in [0, 0.1) is 0 Å². The third kappa shape index (κ3) is 2.23. The van der Waals surface area contributed by atoms with Crippen LogP contribution in [0.5, 0.6) is 11.5 Å². The molecule has 0 bridgehead atoms. The first-order valence-corrected chi connectivity index (χ1v) is 7.27. The summed E-state index contributed by atoms with van der Waals surface area (Å²) >= 11 is 6.29. The number of halogens is 1. The van der Waals surface area contributed by atoms with Crippen molar-refractivity contribution in [2.24, 2.45) is 0 Å². The van der Waals surface area contributed by atoms with E-state index in [2.05, 4.69) is 10.2 Å². The zero-order valence-electron chi connectivity index (χ0n) is 10.7. The molecule has 1 aliphatic carbocycles. The first-order valence-electron chi connectivity index (χ1n) is 6.89. The monoisotopic (exact) mass is 280 g/mol. The molecule has 1 aromatic carbocycles. The molecule has 1 atom stereocenters. The summed E-state index contributed by atoms with van der Waals surface area (Å²) < 4.78 is 10.7. The lowest BCUT2D eigenvalue weighted by molar-refractivity contribution is 0.174. The van der Waals surface area contributed by atoms with Crippen molar-refractivity contribution in [3.05, 3.63) is 17.2 Å². The van der Waals surface area contributed by atoms with Gasteiger partial charge in [-0.25, -0.2) is 0 Å². The Morgan fingerprint density at radius 1 is 1.16 bits per heavy atom. The fourth-order valence-corrected chi connectivity index (χ4v) is 3.13. The van der Waals surface area contributed by atoms with E-state index >= 15 is 0 Å². The Bertz CT molecular complexity index is 504. The van der Waals surface area contributed by atoms with E-state index in [0.29, 0.717) is 11.1 Å². The van der Waals surface area contributed by atoms with Crippen molar-refractivity contribution in [2.75, 3.05) is 25.2 Å². The van der Waals surface area contributed by atoms with Crippen molar-refractivity contribution in [1.29, 1.82) is 0 Å². The van der Waals surface area contributed by atoms with E-state index in [0.717, 1.165) is 29.8 Å². The summed E-state index contributed by atoms with van der Waals surface area (Å²) in [5.41, 5.74) is 0.952. The predicted octanol–water partition coefficient (Wildman–Crippen LogP) is 2.72. The number of nitrogens with zero attached hydrogens (tertiary/aromatic N) is 1. The van der Waals surface area contributed by atoms with Crippen LogP contribution in [0.4, 0.5) is 5.69 Å². The molecule has 102 valence electrons. The quantitative estimate of drug-likeness (QED) is 0.923. The van der Waals surface area contributed by atoms with Crippen LogP contribution in [-0.4, -0.2) is 36.9 Å². The van der Waals surface area contributed by atoms with Gasteiger partial charge in [-0.1, -0.05) is 11.6 Å². The van der Waals surface area contributed by atoms with E-state index in [9.17, 15) is 0 Å². The van der Waals surface area contributed by atoms with E-state index in [-0.39, 0.29) is 6.79 Å². The third-order valence-electron chi connectivity index (χ3n) is 4.10. The predicted molar refractivity (Wildman–Crippen MR) is 74.2 cm³/mol. The average Bonchev–Trinajstić information content (AvgIpc) is 2.98. The van der Waals surface area contributed by atoms with Gasteiger partial charge in [-0.05, 0) is 19.3 Å². The number of hydrogen-bond acceptors (Lipinski definition) is 4. The summed E-state index contributed by atoms with van der Waals surface area (Å²) in [4.78, 5) is 2.58. The summed E-state index contributed by atoms with van der Waals surface area (Å²) in [7, 11) is 0. The number of rotatable bonds is 3. The highest BCUT2D eigenvalue weighted by Crippen LogP contribution is 2.40. The molecular weight excluding hydrogens is 264 g/mol. The van der Waals surface area contributed by atoms with E-state index < -0.39 is 0 Å². The fourth-order valence-electron chi connectivity index (χ4n) is 2.92. The van der Waals surface area contributed by atoms with Gasteiger partial charge in [0.05, 0.1) is 10.7 Å². The van der Waals surface area contributed by atoms with Gasteiger partial charge in [-0.2, -0.15) is 0 Å². The highest BCUT2D eigenvalue weighted by Gasteiger charge is 2.34. The second-order valence-electron chi connectivity index (χ2n) is 5.54. The standard InChI is InChI=1S/C14H17ClN2O2/c15-11-5-13-14(19-8-18-13)6-12(11)16-9-3-4-17(7-9)10-1-2-10/h5-6,9-10,16H,1-4,7-8H2. The van der Waals surface area contributed by atoms with Gasteiger partial charge in [0.1, 0.15) is 0 Å². The van der Waals surface area contributed by atoms with Crippen molar-refractivity contribution in [2.45, 2.75) is 31.3 Å². The molecule has 0 radical (unpaired) electrons. The number of nitrogens with one attached hydrogen (secondary N) is 1. The summed E-state index contributed by atoms with van der Waals surface area (Å²) in [6.45, 7) is 2.61. The largest absolute Gasteiger partial charge is 0.454 e. The molecule has 1 saturated carbocycles. The molecule has 19 heavy (non-hydrogen) atoms. The minimum absolute atomic E-state index is 0.286. The molecule has 5 heteroatoms. The van der Waals surface area contributed by atoms with Crippen molar-refractivity contribution in [3.8, 4) is 11.5 Å². The highest BCUT2D eigenvalue weighted by atomic mass is 35.5. The van der Waals surface area contributed by atoms with Crippen LogP contribution in [0.3, 0.4) is 0 Å². The number of anilines is 1. The number of hydrogen-bond donors (Lipinski definition) is 1. The molecule has 2 fully saturated rings. The zero-order chi connectivity index (χ0) is 12.8. The van der Waals surface area contributed by atoms with E-state index in [4.69, 9.17) is 21.1 Å². The first kappa shape index (κ1) is 11.7. The van der Waals surface area contributed by atoms with Crippen molar-refractivity contribution in [1.82, 2.24) is 4.90 Å². The number of likely N-dealkylation sites (tertiary alicyclic amines) is 1. The van der Waals surface area contributed by atoms with E-state index in [1.165, 1.54) is 25.8 Å². The molecule has 0 aromatic heterocycles. The maximum Gasteiger partial charge on any atom is 0.231 e. The highest BCUT2D eigenvalue weighted by molar-refractivity contribution is 6.33. The summed E-state index contributed by atoms with van der Waals surface area (Å²) in [6.07, 6.45) is 3.93. The Balaban J connectivity index is 1.47. The summed E-state index contributed by atoms with van der Waals surface area (Å²) in [6, 6.07) is 5.11. The normalized spacial score (nSPS) is 25.8. The molecule has 1 unspecified atom stereocenters. The molecule has 4 rings (SSSR count). The van der Waals surface area contributed by atoms with Gasteiger partial charge < -0.3 is 14.8 Å². The van der Waals surface area contributed by atoms with Crippen molar-refractivity contribution < 1.29 is 9.47 Å². The fraction of sp³-hybridized carbons (Fsp3) is 0.571. The van der Waals surface area contributed by atoms with Gasteiger partial charge in [-0.15, -0.1) is 0 Å². The summed E-state index contributed by atoms with van der Waals surface area (Å²) in [5.74, 6) is 1.52. The second kappa shape index (κ2) is 4.46. The Morgan fingerprint density at radius 2 is 1.95 bits per heavy atom. The van der Waals surface area contributed by atoms with Crippen LogP contribution in [0.25, 0.3) is 0 Å². The minimum atomic E-state index is 0.286. The molecule has 1 saturated heterocycles. The number of benzene rings is 1. The lowest BCUT2D eigenvalue weighted by Gasteiger charge is -2.17. The molecule has 2 aliphatic heterocycles. The van der Waals surface area contributed by atoms with Crippen molar-refractivity contribution in [3.63, 3.8) is 0 Å². The molecule has 0 spiro atoms. The summed E-state index contributed by atoms with van der Waals surface area (Å²) in [5, 5.41) is 4.25. The average molecular weight is 281 g/mol. The van der Waals surface area contributed by atoms with Gasteiger partial charge in [0.2, 0.25) is 6.79 Å². The van der Waals surface area contributed by atoms with Crippen LogP contribution in [-0.2, 0) is 0 Å². The topological polar surface area (TPSA) is 33.7 Å². The van der Waals surface area contributed by atoms with Crippen LogP contribution >= 0.6 is 11.6 Å².